The molecule has 0 fully saturated rings. The molecular weight excluding hydrogens is 280 g/mol. The molecule has 22 heavy (non-hydrogen) atoms. The molecule has 0 atom stereocenters. The third-order valence-electron chi connectivity index (χ3n) is 3.10. The van der Waals surface area contributed by atoms with Gasteiger partial charge in [0.15, 0.2) is 5.82 Å². The molecule has 0 aliphatic rings. The van der Waals surface area contributed by atoms with Crippen molar-refractivity contribution in [1.82, 2.24) is 25.2 Å². The quantitative estimate of drug-likeness (QED) is 0.690. The normalized spacial score (nSPS) is 10.5. The lowest BCUT2D eigenvalue weighted by atomic mass is 10.2. The van der Waals surface area contributed by atoms with Crippen LogP contribution in [0.5, 0.6) is 5.75 Å². The maximum absolute atomic E-state index is 5.71. The molecule has 2 aromatic heterocycles. The van der Waals surface area contributed by atoms with Gasteiger partial charge >= 0.3 is 0 Å². The van der Waals surface area contributed by atoms with Crippen molar-refractivity contribution < 1.29 is 4.74 Å². The molecule has 3 aromatic rings. The number of nitrogens with zero attached hydrogens (tertiary/aromatic N) is 5. The zero-order chi connectivity index (χ0) is 15.2. The molecule has 7 nitrogen and oxygen atoms in total. The molecule has 0 aliphatic carbocycles. The molecule has 0 unspecified atom stereocenters. The summed E-state index contributed by atoms with van der Waals surface area (Å²) < 4.78 is 7.38. The summed E-state index contributed by atoms with van der Waals surface area (Å²) in [7, 11) is 0. The lowest BCUT2D eigenvalue weighted by Crippen LogP contribution is -2.13. The molecule has 112 valence electrons. The van der Waals surface area contributed by atoms with E-state index in [4.69, 9.17) is 10.5 Å². The monoisotopic (exact) mass is 296 g/mol. The van der Waals surface area contributed by atoms with E-state index in [0.29, 0.717) is 25.3 Å². The topological polar surface area (TPSA) is 91.7 Å². The van der Waals surface area contributed by atoms with Crippen molar-refractivity contribution in [3.8, 4) is 5.75 Å². The van der Waals surface area contributed by atoms with Gasteiger partial charge in [0.05, 0.1) is 13.0 Å². The molecule has 7 heteroatoms. The van der Waals surface area contributed by atoms with Crippen LogP contribution in [-0.4, -0.2) is 31.8 Å². The Morgan fingerprint density at radius 2 is 2.09 bits per heavy atom. The number of benzene rings is 1. The lowest BCUT2D eigenvalue weighted by molar-refractivity contribution is 0.288. The first kappa shape index (κ1) is 14.0. The van der Waals surface area contributed by atoms with Gasteiger partial charge in [-0.05, 0) is 34.7 Å². The van der Waals surface area contributed by atoms with Crippen molar-refractivity contribution in [2.75, 3.05) is 12.3 Å². The van der Waals surface area contributed by atoms with Crippen LogP contribution in [-0.2, 0) is 13.0 Å². The number of pyridine rings is 1. The smallest absolute Gasteiger partial charge is 0.157 e. The van der Waals surface area contributed by atoms with E-state index < -0.39 is 0 Å². The summed E-state index contributed by atoms with van der Waals surface area (Å²) >= 11 is 0. The van der Waals surface area contributed by atoms with E-state index in [1.807, 2.05) is 36.4 Å². The lowest BCUT2D eigenvalue weighted by Gasteiger charge is -2.07. The van der Waals surface area contributed by atoms with Crippen LogP contribution in [0.2, 0.25) is 0 Å². The van der Waals surface area contributed by atoms with Gasteiger partial charge < -0.3 is 10.5 Å². The zero-order valence-corrected chi connectivity index (χ0v) is 12.0. The second-order valence-electron chi connectivity index (χ2n) is 4.74. The summed E-state index contributed by atoms with van der Waals surface area (Å²) in [4.78, 5) is 4.28. The molecule has 2 heterocycles. The van der Waals surface area contributed by atoms with E-state index in [2.05, 4.69) is 20.5 Å². The minimum absolute atomic E-state index is 0.462. The van der Waals surface area contributed by atoms with Crippen molar-refractivity contribution in [3.05, 3.63) is 60.2 Å². The predicted octanol–water partition coefficient (Wildman–Crippen LogP) is 1.32. The number of hydrogen-bond acceptors (Lipinski definition) is 6. The summed E-state index contributed by atoms with van der Waals surface area (Å²) in [5.41, 5.74) is 7.31. The summed E-state index contributed by atoms with van der Waals surface area (Å²) in [5, 5.41) is 11.7. The largest absolute Gasteiger partial charge is 0.492 e. The van der Waals surface area contributed by atoms with Gasteiger partial charge in [-0.25, -0.2) is 4.68 Å². The fraction of sp³-hybridized carbons (Fsp3) is 0.200. The molecule has 0 saturated carbocycles. The number of aromatic nitrogens is 5. The molecular formula is C15H16N6O. The Labute approximate surface area is 127 Å². The summed E-state index contributed by atoms with van der Waals surface area (Å²) in [6, 6.07) is 13.1. The van der Waals surface area contributed by atoms with Gasteiger partial charge in [0.1, 0.15) is 12.4 Å². The molecule has 0 spiro atoms. The van der Waals surface area contributed by atoms with Crippen molar-refractivity contribution in [1.29, 1.82) is 0 Å². The van der Waals surface area contributed by atoms with Crippen LogP contribution in [0.3, 0.4) is 0 Å². The number of nitrogens with two attached hydrogens (primary N) is 1. The Morgan fingerprint density at radius 1 is 1.14 bits per heavy atom. The number of anilines is 1. The number of hydrogen-bond donors (Lipinski definition) is 1. The Bertz CT molecular complexity index is 728. The highest BCUT2D eigenvalue weighted by Gasteiger charge is 2.07. The average molecular weight is 296 g/mol. The molecule has 0 aliphatic heterocycles. The molecule has 2 N–H and O–H groups in total. The standard InChI is InChI=1S/C15H16N6O/c16-12-4-3-6-14(10-12)22-9-8-21-15(18-19-20-21)11-13-5-1-2-7-17-13/h1-7,10H,8-9,11,16H2. The SMILES string of the molecule is Nc1cccc(OCCn2nnnc2Cc2ccccn2)c1. The molecule has 1 aromatic carbocycles. The molecule has 0 amide bonds. The van der Waals surface area contributed by atoms with Crippen molar-refractivity contribution >= 4 is 5.69 Å². The van der Waals surface area contributed by atoms with Crippen LogP contribution in [0.15, 0.2) is 48.7 Å². The molecule has 0 saturated heterocycles. The second-order valence-corrected chi connectivity index (χ2v) is 4.74. The Kier molecular flexibility index (Phi) is 4.24. The summed E-state index contributed by atoms with van der Waals surface area (Å²) in [6.07, 6.45) is 2.35. The Balaban J connectivity index is 1.58. The Morgan fingerprint density at radius 3 is 2.91 bits per heavy atom. The van der Waals surface area contributed by atoms with E-state index in [0.717, 1.165) is 17.3 Å². The van der Waals surface area contributed by atoms with Crippen LogP contribution in [0.1, 0.15) is 11.5 Å². The first-order chi connectivity index (χ1) is 10.8. The average Bonchev–Trinajstić information content (AvgIpc) is 2.96. The van der Waals surface area contributed by atoms with E-state index in [1.165, 1.54) is 0 Å². The van der Waals surface area contributed by atoms with Crippen LogP contribution < -0.4 is 10.5 Å². The molecule has 3 rings (SSSR count). The highest BCUT2D eigenvalue weighted by molar-refractivity contribution is 5.43. The van der Waals surface area contributed by atoms with Crippen LogP contribution in [0.25, 0.3) is 0 Å². The van der Waals surface area contributed by atoms with Crippen molar-refractivity contribution in [2.24, 2.45) is 0 Å². The fourth-order valence-electron chi connectivity index (χ4n) is 2.04. The van der Waals surface area contributed by atoms with E-state index in [9.17, 15) is 0 Å². The predicted molar refractivity (Wildman–Crippen MR) is 81.2 cm³/mol. The highest BCUT2D eigenvalue weighted by atomic mass is 16.5. The first-order valence-electron chi connectivity index (χ1n) is 6.94. The van der Waals surface area contributed by atoms with Crippen molar-refractivity contribution in [2.45, 2.75) is 13.0 Å². The van der Waals surface area contributed by atoms with Crippen molar-refractivity contribution in [3.63, 3.8) is 0 Å². The van der Waals surface area contributed by atoms with Crippen LogP contribution in [0.4, 0.5) is 5.69 Å². The minimum atomic E-state index is 0.462. The zero-order valence-electron chi connectivity index (χ0n) is 12.0. The third-order valence-corrected chi connectivity index (χ3v) is 3.10. The van der Waals surface area contributed by atoms with Gasteiger partial charge in [-0.3, -0.25) is 4.98 Å². The van der Waals surface area contributed by atoms with Gasteiger partial charge in [0.25, 0.3) is 0 Å². The van der Waals surface area contributed by atoms with Gasteiger partial charge in [-0.15, -0.1) is 5.10 Å². The number of rotatable bonds is 6. The third kappa shape index (κ3) is 3.57. The highest BCUT2D eigenvalue weighted by Crippen LogP contribution is 2.14. The van der Waals surface area contributed by atoms with Gasteiger partial charge in [-0.2, -0.15) is 0 Å². The maximum Gasteiger partial charge on any atom is 0.157 e. The fourth-order valence-corrected chi connectivity index (χ4v) is 2.04. The van der Waals surface area contributed by atoms with Gasteiger partial charge in [-0.1, -0.05) is 12.1 Å². The number of ether oxygens (including phenoxy) is 1. The second kappa shape index (κ2) is 6.66. The van der Waals surface area contributed by atoms with Crippen LogP contribution in [0, 0.1) is 0 Å². The number of tetrazole rings is 1. The van der Waals surface area contributed by atoms with Gasteiger partial charge in [0.2, 0.25) is 0 Å². The summed E-state index contributed by atoms with van der Waals surface area (Å²) in [5.74, 6) is 1.49. The number of nitrogen functional groups attached to an aromatic ring is 1. The van der Waals surface area contributed by atoms with E-state index >= 15 is 0 Å². The maximum atomic E-state index is 5.71. The molecule has 0 bridgehead atoms. The Hall–Kier alpha value is -2.96. The summed E-state index contributed by atoms with van der Waals surface area (Å²) in [6.45, 7) is 1.02. The van der Waals surface area contributed by atoms with Crippen LogP contribution >= 0.6 is 0 Å². The first-order valence-corrected chi connectivity index (χ1v) is 6.94. The molecule has 0 radical (unpaired) electrons. The minimum Gasteiger partial charge on any atom is -0.492 e. The van der Waals surface area contributed by atoms with E-state index in [1.54, 1.807) is 16.9 Å². The van der Waals surface area contributed by atoms with E-state index in [-0.39, 0.29) is 0 Å². The van der Waals surface area contributed by atoms with Gasteiger partial charge in [0, 0.05) is 23.6 Å².